The quantitative estimate of drug-likeness (QED) is 0.854. The summed E-state index contributed by atoms with van der Waals surface area (Å²) >= 11 is 0. The molecule has 6 nitrogen and oxygen atoms in total. The van der Waals surface area contributed by atoms with Crippen molar-refractivity contribution in [2.45, 2.75) is 38.3 Å². The van der Waals surface area contributed by atoms with Gasteiger partial charge in [-0.05, 0) is 25.8 Å². The average molecular weight is 281 g/mol. The van der Waals surface area contributed by atoms with Crippen LogP contribution in [0, 0.1) is 0 Å². The van der Waals surface area contributed by atoms with Gasteiger partial charge in [-0.3, -0.25) is 14.4 Å². The summed E-state index contributed by atoms with van der Waals surface area (Å²) in [7, 11) is 1.97. The number of carboxylic acid groups (broad SMARTS) is 1. The Morgan fingerprint density at radius 3 is 2.80 bits per heavy atom. The van der Waals surface area contributed by atoms with Gasteiger partial charge in [-0.25, -0.2) is 0 Å². The zero-order valence-electron chi connectivity index (χ0n) is 12.2. The van der Waals surface area contributed by atoms with Gasteiger partial charge in [0.05, 0.1) is 24.8 Å². The number of likely N-dealkylation sites (tertiary alicyclic amines) is 1. The SMILES string of the molecule is CC(c1ccnn1C)N1CCC(OCCC(=O)O)CC1. The topological polar surface area (TPSA) is 67.6 Å². The van der Waals surface area contributed by atoms with Crippen LogP contribution in [0.1, 0.15) is 37.9 Å². The summed E-state index contributed by atoms with van der Waals surface area (Å²) in [6.45, 7) is 4.47. The number of aryl methyl sites for hydroxylation is 1. The minimum absolute atomic E-state index is 0.0889. The second kappa shape index (κ2) is 6.85. The van der Waals surface area contributed by atoms with Crippen LogP contribution >= 0.6 is 0 Å². The number of aliphatic carboxylic acids is 1. The zero-order chi connectivity index (χ0) is 14.5. The lowest BCUT2D eigenvalue weighted by Gasteiger charge is -2.35. The molecule has 1 saturated heterocycles. The lowest BCUT2D eigenvalue weighted by Crippen LogP contribution is -2.39. The molecule has 1 aliphatic rings. The van der Waals surface area contributed by atoms with Crippen molar-refractivity contribution in [3.63, 3.8) is 0 Å². The summed E-state index contributed by atoms with van der Waals surface area (Å²) in [5.74, 6) is -0.799. The Bertz CT molecular complexity index is 439. The summed E-state index contributed by atoms with van der Waals surface area (Å²) in [5.41, 5.74) is 1.22. The molecule has 2 rings (SSSR count). The first-order chi connectivity index (χ1) is 9.58. The molecule has 0 radical (unpaired) electrons. The van der Waals surface area contributed by atoms with Crippen LogP contribution in [-0.4, -0.2) is 51.6 Å². The number of nitrogens with zero attached hydrogens (tertiary/aromatic N) is 3. The van der Waals surface area contributed by atoms with E-state index in [-0.39, 0.29) is 12.5 Å². The summed E-state index contributed by atoms with van der Waals surface area (Å²) in [5, 5.41) is 12.8. The van der Waals surface area contributed by atoms with Crippen molar-refractivity contribution < 1.29 is 14.6 Å². The second-order valence-electron chi connectivity index (χ2n) is 5.31. The molecule has 1 aromatic rings. The summed E-state index contributed by atoms with van der Waals surface area (Å²) in [6.07, 6.45) is 4.03. The molecule has 0 saturated carbocycles. The Morgan fingerprint density at radius 2 is 2.25 bits per heavy atom. The van der Waals surface area contributed by atoms with Crippen molar-refractivity contribution >= 4 is 5.97 Å². The van der Waals surface area contributed by atoms with E-state index in [0.717, 1.165) is 25.9 Å². The predicted octanol–water partition coefficient (Wildman–Crippen LogP) is 1.44. The molecule has 6 heteroatoms. The molecular formula is C14H23N3O3. The lowest BCUT2D eigenvalue weighted by molar-refractivity contribution is -0.138. The Balaban J connectivity index is 1.76. The van der Waals surface area contributed by atoms with Gasteiger partial charge in [0, 0.05) is 32.4 Å². The molecule has 112 valence electrons. The van der Waals surface area contributed by atoms with E-state index in [9.17, 15) is 4.79 Å². The van der Waals surface area contributed by atoms with Gasteiger partial charge >= 0.3 is 5.97 Å². The molecule has 0 bridgehead atoms. The predicted molar refractivity (Wildman–Crippen MR) is 74.4 cm³/mol. The number of rotatable bonds is 6. The number of piperidine rings is 1. The summed E-state index contributed by atoms with van der Waals surface area (Å²) < 4.78 is 7.53. The van der Waals surface area contributed by atoms with Crippen LogP contribution in [0.5, 0.6) is 0 Å². The minimum Gasteiger partial charge on any atom is -0.481 e. The van der Waals surface area contributed by atoms with Crippen LogP contribution in [0.2, 0.25) is 0 Å². The normalized spacial score (nSPS) is 19.1. The number of carboxylic acids is 1. The van der Waals surface area contributed by atoms with E-state index in [1.165, 1.54) is 5.69 Å². The van der Waals surface area contributed by atoms with E-state index in [1.54, 1.807) is 0 Å². The lowest BCUT2D eigenvalue weighted by atomic mass is 10.0. The first-order valence-corrected chi connectivity index (χ1v) is 7.13. The number of hydrogen-bond donors (Lipinski definition) is 1. The molecule has 1 unspecified atom stereocenters. The second-order valence-corrected chi connectivity index (χ2v) is 5.31. The summed E-state index contributed by atoms with van der Waals surface area (Å²) in [6, 6.07) is 2.41. The van der Waals surface area contributed by atoms with Gasteiger partial charge < -0.3 is 9.84 Å². The molecule has 20 heavy (non-hydrogen) atoms. The maximum atomic E-state index is 10.4. The Hall–Kier alpha value is -1.40. The Kier molecular flexibility index (Phi) is 5.14. The zero-order valence-corrected chi connectivity index (χ0v) is 12.2. The molecule has 1 N–H and O–H groups in total. The van der Waals surface area contributed by atoms with E-state index in [2.05, 4.69) is 23.0 Å². The van der Waals surface area contributed by atoms with Gasteiger partial charge in [-0.1, -0.05) is 0 Å². The van der Waals surface area contributed by atoms with Gasteiger partial charge in [0.1, 0.15) is 0 Å². The minimum atomic E-state index is -0.799. The molecule has 1 fully saturated rings. The molecule has 1 aliphatic heterocycles. The molecular weight excluding hydrogens is 258 g/mol. The molecule has 0 amide bonds. The fourth-order valence-corrected chi connectivity index (χ4v) is 2.72. The fraction of sp³-hybridized carbons (Fsp3) is 0.714. The van der Waals surface area contributed by atoms with Crippen LogP contribution < -0.4 is 0 Å². The highest BCUT2D eigenvalue weighted by molar-refractivity contribution is 5.66. The summed E-state index contributed by atoms with van der Waals surface area (Å²) in [4.78, 5) is 12.9. The van der Waals surface area contributed by atoms with Crippen molar-refractivity contribution in [1.82, 2.24) is 14.7 Å². The molecule has 0 spiro atoms. The third-order valence-corrected chi connectivity index (χ3v) is 3.98. The van der Waals surface area contributed by atoms with E-state index in [1.807, 2.05) is 17.9 Å². The van der Waals surface area contributed by atoms with Crippen LogP contribution in [0.3, 0.4) is 0 Å². The van der Waals surface area contributed by atoms with Crippen LogP contribution in [-0.2, 0) is 16.6 Å². The van der Waals surface area contributed by atoms with E-state index < -0.39 is 5.97 Å². The molecule has 2 heterocycles. The largest absolute Gasteiger partial charge is 0.481 e. The number of aromatic nitrogens is 2. The smallest absolute Gasteiger partial charge is 0.305 e. The van der Waals surface area contributed by atoms with Crippen molar-refractivity contribution in [3.8, 4) is 0 Å². The highest BCUT2D eigenvalue weighted by atomic mass is 16.5. The monoisotopic (exact) mass is 281 g/mol. The van der Waals surface area contributed by atoms with Gasteiger partial charge in [0.25, 0.3) is 0 Å². The Labute approximate surface area is 119 Å². The van der Waals surface area contributed by atoms with Gasteiger partial charge in [-0.15, -0.1) is 0 Å². The van der Waals surface area contributed by atoms with Crippen LogP contribution in [0.4, 0.5) is 0 Å². The first kappa shape index (κ1) is 15.0. The number of carbonyl (C=O) groups is 1. The highest BCUT2D eigenvalue weighted by Gasteiger charge is 2.25. The number of ether oxygens (including phenoxy) is 1. The van der Waals surface area contributed by atoms with Crippen molar-refractivity contribution in [3.05, 3.63) is 18.0 Å². The van der Waals surface area contributed by atoms with E-state index in [0.29, 0.717) is 12.6 Å². The van der Waals surface area contributed by atoms with Crippen molar-refractivity contribution in [2.24, 2.45) is 7.05 Å². The van der Waals surface area contributed by atoms with Crippen molar-refractivity contribution in [1.29, 1.82) is 0 Å². The molecule has 1 aromatic heterocycles. The molecule has 0 aromatic carbocycles. The third-order valence-electron chi connectivity index (χ3n) is 3.98. The third kappa shape index (κ3) is 3.80. The molecule has 0 aliphatic carbocycles. The van der Waals surface area contributed by atoms with Crippen LogP contribution in [0.25, 0.3) is 0 Å². The van der Waals surface area contributed by atoms with Crippen LogP contribution in [0.15, 0.2) is 12.3 Å². The maximum Gasteiger partial charge on any atom is 0.305 e. The maximum absolute atomic E-state index is 10.4. The van der Waals surface area contributed by atoms with Crippen molar-refractivity contribution in [2.75, 3.05) is 19.7 Å². The standard InChI is InChI=1S/C14H23N3O3/c1-11(13-3-7-15-16(13)2)17-8-4-12(5-9-17)20-10-6-14(18)19/h3,7,11-12H,4-6,8-10H2,1-2H3,(H,18,19). The van der Waals surface area contributed by atoms with Gasteiger partial charge in [-0.2, -0.15) is 5.10 Å². The fourth-order valence-electron chi connectivity index (χ4n) is 2.72. The van der Waals surface area contributed by atoms with Gasteiger partial charge in [0.15, 0.2) is 0 Å². The highest BCUT2D eigenvalue weighted by Crippen LogP contribution is 2.24. The first-order valence-electron chi connectivity index (χ1n) is 7.13. The van der Waals surface area contributed by atoms with E-state index in [4.69, 9.17) is 9.84 Å². The average Bonchev–Trinajstić information content (AvgIpc) is 2.84. The molecule has 1 atom stereocenters. The van der Waals surface area contributed by atoms with E-state index >= 15 is 0 Å². The number of hydrogen-bond acceptors (Lipinski definition) is 4. The van der Waals surface area contributed by atoms with Gasteiger partial charge in [0.2, 0.25) is 0 Å². The Morgan fingerprint density at radius 1 is 1.55 bits per heavy atom.